The fourth-order valence-electron chi connectivity index (χ4n) is 3.11. The summed E-state index contributed by atoms with van der Waals surface area (Å²) >= 11 is 1.64. The zero-order valence-corrected chi connectivity index (χ0v) is 14.3. The zero-order valence-electron chi connectivity index (χ0n) is 13.5. The third-order valence-electron chi connectivity index (χ3n) is 4.34. The standard InChI is InChI=1S/C19H17FN2O2S/c20-13-7-9-14(10-8-13)24-12-18(23)22-11-3-5-16(22)19-21-15-4-1-2-6-17(15)25-19/h1-2,4,6-10,16H,3,5,11-12H2. The molecular formula is C19H17FN2O2S. The predicted molar refractivity (Wildman–Crippen MR) is 95.2 cm³/mol. The van der Waals surface area contributed by atoms with E-state index in [1.165, 1.54) is 24.3 Å². The number of rotatable bonds is 4. The Labute approximate surface area is 148 Å². The number of carbonyl (C=O) groups excluding carboxylic acids is 1. The number of amides is 1. The molecule has 4 rings (SSSR count). The SMILES string of the molecule is O=C(COc1ccc(F)cc1)N1CCCC1c1nc2ccccc2s1. The molecule has 1 saturated heterocycles. The van der Waals surface area contributed by atoms with Gasteiger partial charge in [-0.25, -0.2) is 9.37 Å². The van der Waals surface area contributed by atoms with E-state index in [1.54, 1.807) is 11.3 Å². The van der Waals surface area contributed by atoms with Gasteiger partial charge in [0.1, 0.15) is 16.6 Å². The van der Waals surface area contributed by atoms with Gasteiger partial charge in [-0.2, -0.15) is 0 Å². The number of halogens is 1. The first-order valence-corrected chi connectivity index (χ1v) is 9.06. The van der Waals surface area contributed by atoms with Crippen molar-refractivity contribution < 1.29 is 13.9 Å². The maximum absolute atomic E-state index is 12.9. The minimum atomic E-state index is -0.325. The van der Waals surface area contributed by atoms with Crippen LogP contribution >= 0.6 is 11.3 Å². The van der Waals surface area contributed by atoms with Crippen LogP contribution in [0.5, 0.6) is 5.75 Å². The first kappa shape index (κ1) is 16.0. The van der Waals surface area contributed by atoms with Crippen LogP contribution in [-0.4, -0.2) is 28.9 Å². The largest absolute Gasteiger partial charge is 0.484 e. The molecular weight excluding hydrogens is 339 g/mol. The van der Waals surface area contributed by atoms with Gasteiger partial charge in [-0.1, -0.05) is 12.1 Å². The number of fused-ring (bicyclic) bond motifs is 1. The van der Waals surface area contributed by atoms with Crippen LogP contribution in [0, 0.1) is 5.82 Å². The lowest BCUT2D eigenvalue weighted by Gasteiger charge is -2.23. The molecule has 1 unspecified atom stereocenters. The molecule has 1 aliphatic rings. The molecule has 1 atom stereocenters. The summed E-state index contributed by atoms with van der Waals surface area (Å²) in [5.74, 6) is 0.102. The third-order valence-corrected chi connectivity index (χ3v) is 5.48. The highest BCUT2D eigenvalue weighted by atomic mass is 32.1. The van der Waals surface area contributed by atoms with Crippen molar-refractivity contribution in [3.05, 3.63) is 59.4 Å². The number of hydrogen-bond donors (Lipinski definition) is 0. The quantitative estimate of drug-likeness (QED) is 0.704. The third kappa shape index (κ3) is 3.35. The molecule has 3 aromatic rings. The van der Waals surface area contributed by atoms with Crippen molar-refractivity contribution in [3.63, 3.8) is 0 Å². The van der Waals surface area contributed by atoms with Crippen molar-refractivity contribution in [1.82, 2.24) is 9.88 Å². The smallest absolute Gasteiger partial charge is 0.261 e. The Hall–Kier alpha value is -2.47. The van der Waals surface area contributed by atoms with E-state index in [-0.39, 0.29) is 24.4 Å². The molecule has 0 saturated carbocycles. The minimum absolute atomic E-state index is 0.0155. The van der Waals surface area contributed by atoms with E-state index in [0.29, 0.717) is 12.3 Å². The molecule has 0 aliphatic carbocycles. The van der Waals surface area contributed by atoms with Gasteiger partial charge in [0, 0.05) is 6.54 Å². The Kier molecular flexibility index (Phi) is 4.36. The lowest BCUT2D eigenvalue weighted by molar-refractivity contribution is -0.134. The van der Waals surface area contributed by atoms with Crippen LogP contribution in [0.15, 0.2) is 48.5 Å². The number of para-hydroxylation sites is 1. The maximum Gasteiger partial charge on any atom is 0.261 e. The highest BCUT2D eigenvalue weighted by molar-refractivity contribution is 7.18. The normalized spacial score (nSPS) is 17.2. The van der Waals surface area contributed by atoms with E-state index < -0.39 is 0 Å². The number of benzene rings is 2. The number of ether oxygens (including phenoxy) is 1. The number of carbonyl (C=O) groups is 1. The second kappa shape index (κ2) is 6.80. The monoisotopic (exact) mass is 356 g/mol. The van der Waals surface area contributed by atoms with Crippen molar-refractivity contribution in [2.24, 2.45) is 0 Å². The Bertz CT molecular complexity index is 861. The molecule has 2 heterocycles. The first-order chi connectivity index (χ1) is 12.2. The van der Waals surface area contributed by atoms with E-state index >= 15 is 0 Å². The van der Waals surface area contributed by atoms with E-state index in [9.17, 15) is 9.18 Å². The second-order valence-electron chi connectivity index (χ2n) is 6.01. The molecule has 1 amide bonds. The molecule has 0 spiro atoms. The average molecular weight is 356 g/mol. The molecule has 2 aromatic carbocycles. The highest BCUT2D eigenvalue weighted by Gasteiger charge is 2.32. The van der Waals surface area contributed by atoms with Crippen LogP contribution in [0.3, 0.4) is 0 Å². The molecule has 1 aliphatic heterocycles. The summed E-state index contributed by atoms with van der Waals surface area (Å²) in [7, 11) is 0. The van der Waals surface area contributed by atoms with Gasteiger partial charge in [0.05, 0.1) is 16.3 Å². The van der Waals surface area contributed by atoms with Gasteiger partial charge >= 0.3 is 0 Å². The number of thiazole rings is 1. The zero-order chi connectivity index (χ0) is 17.2. The summed E-state index contributed by atoms with van der Waals surface area (Å²) in [6, 6.07) is 13.7. The summed E-state index contributed by atoms with van der Waals surface area (Å²) in [6.45, 7) is 0.666. The van der Waals surface area contributed by atoms with Crippen LogP contribution in [-0.2, 0) is 4.79 Å². The van der Waals surface area contributed by atoms with Gasteiger partial charge in [0.25, 0.3) is 5.91 Å². The van der Waals surface area contributed by atoms with Crippen LogP contribution in [0.2, 0.25) is 0 Å². The topological polar surface area (TPSA) is 42.4 Å². The van der Waals surface area contributed by atoms with Crippen molar-refractivity contribution in [3.8, 4) is 5.75 Å². The summed E-state index contributed by atoms with van der Waals surface area (Å²) in [4.78, 5) is 19.1. The molecule has 1 aromatic heterocycles. The van der Waals surface area contributed by atoms with E-state index in [0.717, 1.165) is 28.1 Å². The highest BCUT2D eigenvalue weighted by Crippen LogP contribution is 2.36. The van der Waals surface area contributed by atoms with Gasteiger partial charge < -0.3 is 9.64 Å². The molecule has 6 heteroatoms. The Morgan fingerprint density at radius 2 is 2.04 bits per heavy atom. The molecule has 4 nitrogen and oxygen atoms in total. The molecule has 25 heavy (non-hydrogen) atoms. The summed E-state index contributed by atoms with van der Waals surface area (Å²) < 4.78 is 19.6. The number of likely N-dealkylation sites (tertiary alicyclic amines) is 1. The van der Waals surface area contributed by atoms with Crippen LogP contribution in [0.4, 0.5) is 4.39 Å². The second-order valence-corrected chi connectivity index (χ2v) is 7.07. The first-order valence-electron chi connectivity index (χ1n) is 8.24. The fraction of sp³-hybridized carbons (Fsp3) is 0.263. The van der Waals surface area contributed by atoms with Gasteiger partial charge in [0.2, 0.25) is 0 Å². The summed E-state index contributed by atoms with van der Waals surface area (Å²) in [5, 5.41) is 0.980. The van der Waals surface area contributed by atoms with E-state index in [4.69, 9.17) is 9.72 Å². The Morgan fingerprint density at radius 1 is 1.24 bits per heavy atom. The van der Waals surface area contributed by atoms with Crippen molar-refractivity contribution in [1.29, 1.82) is 0 Å². The number of hydrogen-bond acceptors (Lipinski definition) is 4. The fourth-order valence-corrected chi connectivity index (χ4v) is 4.23. The van der Waals surface area contributed by atoms with E-state index in [2.05, 4.69) is 6.07 Å². The van der Waals surface area contributed by atoms with Crippen molar-refractivity contribution >= 4 is 27.5 Å². The van der Waals surface area contributed by atoms with E-state index in [1.807, 2.05) is 23.1 Å². The van der Waals surface area contributed by atoms with Crippen LogP contribution in [0.1, 0.15) is 23.9 Å². The van der Waals surface area contributed by atoms with Gasteiger partial charge in [0.15, 0.2) is 6.61 Å². The Morgan fingerprint density at radius 3 is 2.84 bits per heavy atom. The van der Waals surface area contributed by atoms with Gasteiger partial charge in [-0.15, -0.1) is 11.3 Å². The lowest BCUT2D eigenvalue weighted by Crippen LogP contribution is -2.34. The van der Waals surface area contributed by atoms with Gasteiger partial charge in [-0.05, 0) is 49.2 Å². The average Bonchev–Trinajstić information content (AvgIpc) is 3.27. The number of nitrogens with zero attached hydrogens (tertiary/aromatic N) is 2. The van der Waals surface area contributed by atoms with Crippen molar-refractivity contribution in [2.75, 3.05) is 13.2 Å². The Balaban J connectivity index is 1.46. The summed E-state index contributed by atoms with van der Waals surface area (Å²) in [5.41, 5.74) is 0.976. The molecule has 0 bridgehead atoms. The molecule has 128 valence electrons. The summed E-state index contributed by atoms with van der Waals surface area (Å²) in [6.07, 6.45) is 1.88. The molecule has 0 radical (unpaired) electrons. The number of aromatic nitrogens is 1. The molecule has 0 N–H and O–H groups in total. The maximum atomic E-state index is 12.9. The van der Waals surface area contributed by atoms with Gasteiger partial charge in [-0.3, -0.25) is 4.79 Å². The van der Waals surface area contributed by atoms with Crippen LogP contribution in [0.25, 0.3) is 10.2 Å². The predicted octanol–water partition coefficient (Wildman–Crippen LogP) is 4.18. The minimum Gasteiger partial charge on any atom is -0.484 e. The van der Waals surface area contributed by atoms with Crippen LogP contribution < -0.4 is 4.74 Å². The van der Waals surface area contributed by atoms with Crippen molar-refractivity contribution in [2.45, 2.75) is 18.9 Å². The lowest BCUT2D eigenvalue weighted by atomic mass is 10.2. The molecule has 1 fully saturated rings.